The van der Waals surface area contributed by atoms with Gasteiger partial charge in [0.2, 0.25) is 3.79 Å². The predicted molar refractivity (Wildman–Crippen MR) is 58.1 cm³/mol. The first kappa shape index (κ1) is 10.8. The number of hydrogen-bond acceptors (Lipinski definition) is 4. The first-order valence-corrected chi connectivity index (χ1v) is 5.16. The van der Waals surface area contributed by atoms with Crippen molar-refractivity contribution in [2.75, 3.05) is 0 Å². The van der Waals surface area contributed by atoms with Crippen LogP contribution in [0, 0.1) is 0 Å². The molecule has 1 aromatic carbocycles. The molecule has 1 aliphatic heterocycles. The maximum Gasteiger partial charge on any atom is 0.266 e. The second kappa shape index (κ2) is 3.70. The lowest BCUT2D eigenvalue weighted by atomic mass is 10.0. The molecule has 0 amide bonds. The van der Waals surface area contributed by atoms with E-state index in [4.69, 9.17) is 34.8 Å². The summed E-state index contributed by atoms with van der Waals surface area (Å²) in [7, 11) is 0. The number of rotatable bonds is 1. The molecule has 78 valence electrons. The van der Waals surface area contributed by atoms with E-state index >= 15 is 0 Å². The maximum atomic E-state index is 5.85. The molecule has 1 aromatic rings. The van der Waals surface area contributed by atoms with Gasteiger partial charge in [-0.05, 0) is 10.4 Å². The molecule has 0 fully saturated rings. The Hall–Kier alpha value is -0.710. The highest BCUT2D eigenvalue weighted by Gasteiger charge is 2.53. The summed E-state index contributed by atoms with van der Waals surface area (Å²) < 4.78 is -1.72. The normalized spacial score (nSPS) is 18.3. The number of benzene rings is 1. The standard InChI is InChI=1S/C8H5Cl3N4/c9-8(10,11)7(12-14-15-13-7)6-4-2-1-3-5-6/h1-5H. The molecule has 0 unspecified atom stereocenters. The maximum absolute atomic E-state index is 5.85. The minimum absolute atomic E-state index is 0.634. The fraction of sp³-hybridized carbons (Fsp3) is 0.250. The molecule has 0 N–H and O–H groups in total. The summed E-state index contributed by atoms with van der Waals surface area (Å²) >= 11 is 17.6. The number of nitrogens with zero attached hydrogens (tertiary/aromatic N) is 4. The fourth-order valence-electron chi connectivity index (χ4n) is 1.25. The summed E-state index contributed by atoms with van der Waals surface area (Å²) in [5.74, 6) is 0. The third-order valence-electron chi connectivity index (χ3n) is 1.99. The van der Waals surface area contributed by atoms with Gasteiger partial charge in [0.05, 0.1) is 0 Å². The molecule has 1 heterocycles. The topological polar surface area (TPSA) is 49.4 Å². The zero-order chi connectivity index (χ0) is 10.9. The van der Waals surface area contributed by atoms with Crippen molar-refractivity contribution in [1.29, 1.82) is 0 Å². The first-order valence-electron chi connectivity index (χ1n) is 4.02. The molecule has 0 aliphatic carbocycles. The van der Waals surface area contributed by atoms with E-state index in [1.165, 1.54) is 0 Å². The van der Waals surface area contributed by atoms with Crippen LogP contribution >= 0.6 is 34.8 Å². The zero-order valence-corrected chi connectivity index (χ0v) is 9.58. The average molecular weight is 264 g/mol. The third-order valence-corrected chi connectivity index (χ3v) is 2.78. The van der Waals surface area contributed by atoms with E-state index in [2.05, 4.69) is 20.7 Å². The molecule has 0 bridgehead atoms. The molecule has 4 nitrogen and oxygen atoms in total. The summed E-state index contributed by atoms with van der Waals surface area (Å²) in [5, 5.41) is 14.4. The quantitative estimate of drug-likeness (QED) is 0.687. The van der Waals surface area contributed by atoms with E-state index in [9.17, 15) is 0 Å². The van der Waals surface area contributed by atoms with Crippen LogP contribution in [0.15, 0.2) is 51.0 Å². The van der Waals surface area contributed by atoms with Crippen molar-refractivity contribution >= 4 is 34.8 Å². The van der Waals surface area contributed by atoms with Gasteiger partial charge in [-0.15, -0.1) is 10.2 Å². The smallest absolute Gasteiger partial charge is 0.125 e. The van der Waals surface area contributed by atoms with Gasteiger partial charge in [-0.1, -0.05) is 65.1 Å². The third kappa shape index (κ3) is 1.73. The summed E-state index contributed by atoms with van der Waals surface area (Å²) in [6.07, 6.45) is 0. The first-order chi connectivity index (χ1) is 7.06. The van der Waals surface area contributed by atoms with Gasteiger partial charge in [-0.3, -0.25) is 0 Å². The predicted octanol–water partition coefficient (Wildman–Crippen LogP) is 4.04. The van der Waals surface area contributed by atoms with Crippen LogP contribution in [0.4, 0.5) is 0 Å². The highest BCUT2D eigenvalue weighted by Crippen LogP contribution is 2.50. The molecule has 0 aromatic heterocycles. The number of alkyl halides is 3. The van der Waals surface area contributed by atoms with E-state index in [0.717, 1.165) is 0 Å². The van der Waals surface area contributed by atoms with Crippen molar-refractivity contribution in [1.82, 2.24) is 0 Å². The second-order valence-corrected chi connectivity index (χ2v) is 5.20. The Morgan fingerprint density at radius 1 is 0.933 bits per heavy atom. The molecule has 0 spiro atoms. The Kier molecular flexibility index (Phi) is 2.66. The molecular weight excluding hydrogens is 258 g/mol. The molecule has 7 heteroatoms. The van der Waals surface area contributed by atoms with Gasteiger partial charge in [0.25, 0.3) is 5.66 Å². The van der Waals surface area contributed by atoms with Crippen molar-refractivity contribution < 1.29 is 0 Å². The van der Waals surface area contributed by atoms with Gasteiger partial charge in [0, 0.05) is 5.56 Å². The molecule has 1 aliphatic rings. The van der Waals surface area contributed by atoms with Crippen LogP contribution < -0.4 is 0 Å². The highest BCUT2D eigenvalue weighted by molar-refractivity contribution is 6.68. The summed E-state index contributed by atoms with van der Waals surface area (Å²) in [4.78, 5) is 0. The number of hydrogen-bond donors (Lipinski definition) is 0. The average Bonchev–Trinajstić information content (AvgIpc) is 2.68. The Bertz CT molecular complexity index is 398. The highest BCUT2D eigenvalue weighted by atomic mass is 35.6. The van der Waals surface area contributed by atoms with Crippen molar-refractivity contribution in [3.05, 3.63) is 35.9 Å². The summed E-state index contributed by atoms with van der Waals surface area (Å²) in [6.45, 7) is 0. The van der Waals surface area contributed by atoms with Gasteiger partial charge >= 0.3 is 0 Å². The Balaban J connectivity index is 2.55. The van der Waals surface area contributed by atoms with Crippen LogP contribution in [0.1, 0.15) is 5.56 Å². The van der Waals surface area contributed by atoms with E-state index in [0.29, 0.717) is 5.56 Å². The molecule has 0 radical (unpaired) electrons. The van der Waals surface area contributed by atoms with Crippen LogP contribution in [-0.2, 0) is 5.66 Å². The van der Waals surface area contributed by atoms with Crippen LogP contribution in [0.25, 0.3) is 0 Å². The lowest BCUT2D eigenvalue weighted by Crippen LogP contribution is -2.34. The Labute approximate surface area is 101 Å². The van der Waals surface area contributed by atoms with Gasteiger partial charge < -0.3 is 0 Å². The Morgan fingerprint density at radius 3 is 1.93 bits per heavy atom. The van der Waals surface area contributed by atoms with Gasteiger partial charge in [-0.2, -0.15) is 0 Å². The summed E-state index contributed by atoms with van der Waals surface area (Å²) in [6, 6.07) is 8.96. The molecule has 0 saturated carbocycles. The van der Waals surface area contributed by atoms with Crippen LogP contribution in [0.5, 0.6) is 0 Å². The minimum atomic E-state index is -1.72. The van der Waals surface area contributed by atoms with E-state index in [1.807, 2.05) is 6.07 Å². The van der Waals surface area contributed by atoms with E-state index in [-0.39, 0.29) is 0 Å². The van der Waals surface area contributed by atoms with Crippen molar-refractivity contribution in [3.63, 3.8) is 0 Å². The monoisotopic (exact) mass is 262 g/mol. The lowest BCUT2D eigenvalue weighted by Gasteiger charge is -2.27. The largest absolute Gasteiger partial charge is 0.266 e. The number of halogens is 3. The molecule has 2 rings (SSSR count). The zero-order valence-electron chi connectivity index (χ0n) is 7.31. The lowest BCUT2D eigenvalue weighted by molar-refractivity contribution is 0.474. The SMILES string of the molecule is ClC(Cl)(Cl)C1(c2ccccc2)N=NN=N1. The summed E-state index contributed by atoms with van der Waals surface area (Å²) in [5.41, 5.74) is -0.728. The van der Waals surface area contributed by atoms with Gasteiger partial charge in [-0.25, -0.2) is 0 Å². The fourth-order valence-corrected chi connectivity index (χ4v) is 1.81. The second-order valence-electron chi connectivity index (χ2n) is 2.91. The van der Waals surface area contributed by atoms with Crippen molar-refractivity contribution in [2.24, 2.45) is 20.7 Å². The van der Waals surface area contributed by atoms with E-state index < -0.39 is 9.46 Å². The van der Waals surface area contributed by atoms with E-state index in [1.54, 1.807) is 24.3 Å². The minimum Gasteiger partial charge on any atom is -0.125 e. The van der Waals surface area contributed by atoms with Crippen LogP contribution in [0.3, 0.4) is 0 Å². The van der Waals surface area contributed by atoms with Crippen molar-refractivity contribution in [2.45, 2.75) is 9.46 Å². The molecule has 0 atom stereocenters. The van der Waals surface area contributed by atoms with Crippen LogP contribution in [0.2, 0.25) is 0 Å². The molecular formula is C8H5Cl3N4. The Morgan fingerprint density at radius 2 is 1.47 bits per heavy atom. The van der Waals surface area contributed by atoms with Gasteiger partial charge in [0.15, 0.2) is 0 Å². The van der Waals surface area contributed by atoms with Crippen LogP contribution in [-0.4, -0.2) is 3.79 Å². The molecule has 15 heavy (non-hydrogen) atoms. The molecule has 0 saturated heterocycles. The van der Waals surface area contributed by atoms with Gasteiger partial charge in [0.1, 0.15) is 0 Å². The van der Waals surface area contributed by atoms with Crippen molar-refractivity contribution in [3.8, 4) is 0 Å².